The van der Waals surface area contributed by atoms with E-state index in [1.165, 1.54) is 13.2 Å². The molecule has 3 aromatic rings. The van der Waals surface area contributed by atoms with Crippen molar-refractivity contribution in [3.05, 3.63) is 60.4 Å². The predicted molar refractivity (Wildman–Crippen MR) is 80.3 cm³/mol. The van der Waals surface area contributed by atoms with Crippen LogP contribution >= 0.6 is 0 Å². The van der Waals surface area contributed by atoms with E-state index in [4.69, 9.17) is 10.5 Å². The van der Waals surface area contributed by atoms with Gasteiger partial charge in [-0.05, 0) is 29.1 Å². The third-order valence-electron chi connectivity index (χ3n) is 3.42. The largest absolute Gasteiger partial charge is 0.497 e. The van der Waals surface area contributed by atoms with Crippen LogP contribution in [0.25, 0.3) is 21.9 Å². The van der Waals surface area contributed by atoms with Crippen molar-refractivity contribution < 1.29 is 9.13 Å². The Morgan fingerprint density at radius 2 is 1.65 bits per heavy atom. The minimum absolute atomic E-state index is 0.306. The molecule has 0 unspecified atom stereocenters. The molecule has 0 fully saturated rings. The van der Waals surface area contributed by atoms with Crippen LogP contribution in [0, 0.1) is 5.82 Å². The fourth-order valence-corrected chi connectivity index (χ4v) is 2.41. The van der Waals surface area contributed by atoms with Crippen molar-refractivity contribution in [1.82, 2.24) is 0 Å². The van der Waals surface area contributed by atoms with E-state index in [0.29, 0.717) is 17.0 Å². The van der Waals surface area contributed by atoms with E-state index in [1.807, 2.05) is 36.4 Å². The van der Waals surface area contributed by atoms with Crippen molar-refractivity contribution in [2.75, 3.05) is 12.8 Å². The molecule has 3 heteroatoms. The number of halogens is 1. The molecule has 2 N–H and O–H groups in total. The quantitative estimate of drug-likeness (QED) is 0.705. The predicted octanol–water partition coefficient (Wildman–Crippen LogP) is 4.24. The average molecular weight is 267 g/mol. The van der Waals surface area contributed by atoms with Gasteiger partial charge in [0.2, 0.25) is 0 Å². The van der Waals surface area contributed by atoms with Crippen LogP contribution in [0.3, 0.4) is 0 Å². The van der Waals surface area contributed by atoms with Gasteiger partial charge in [-0.15, -0.1) is 0 Å². The zero-order chi connectivity index (χ0) is 14.1. The molecule has 0 spiro atoms. The topological polar surface area (TPSA) is 35.2 Å². The molecule has 0 aliphatic rings. The smallest absolute Gasteiger partial charge is 0.134 e. The standard InChI is InChI=1S/C17H14FNO/c1-20-11-8-9-14(16(18)10-11)12-4-2-6-15-13(12)5-3-7-17(15)19/h2-10H,19H2,1H3. The Kier molecular flexibility index (Phi) is 3.03. The molecule has 0 radical (unpaired) electrons. The zero-order valence-corrected chi connectivity index (χ0v) is 11.1. The number of fused-ring (bicyclic) bond motifs is 1. The molecule has 0 aromatic heterocycles. The van der Waals surface area contributed by atoms with Crippen LogP contribution < -0.4 is 10.5 Å². The highest BCUT2D eigenvalue weighted by atomic mass is 19.1. The Labute approximate surface area is 116 Å². The first-order chi connectivity index (χ1) is 9.70. The zero-order valence-electron chi connectivity index (χ0n) is 11.1. The molecule has 3 aromatic carbocycles. The molecule has 20 heavy (non-hydrogen) atoms. The average Bonchev–Trinajstić information content (AvgIpc) is 2.47. The maximum Gasteiger partial charge on any atom is 0.134 e. The van der Waals surface area contributed by atoms with Gasteiger partial charge in [-0.2, -0.15) is 0 Å². The number of benzene rings is 3. The highest BCUT2D eigenvalue weighted by molar-refractivity contribution is 6.02. The summed E-state index contributed by atoms with van der Waals surface area (Å²) in [5, 5.41) is 1.87. The van der Waals surface area contributed by atoms with Gasteiger partial charge in [0, 0.05) is 22.7 Å². The van der Waals surface area contributed by atoms with Gasteiger partial charge in [-0.1, -0.05) is 30.3 Å². The Balaban J connectivity index is 2.27. The molecule has 100 valence electrons. The van der Waals surface area contributed by atoms with E-state index in [-0.39, 0.29) is 5.82 Å². The lowest BCUT2D eigenvalue weighted by atomic mass is 9.97. The van der Waals surface area contributed by atoms with Gasteiger partial charge in [0.05, 0.1) is 7.11 Å². The van der Waals surface area contributed by atoms with E-state index >= 15 is 0 Å². The third-order valence-corrected chi connectivity index (χ3v) is 3.42. The lowest BCUT2D eigenvalue weighted by molar-refractivity contribution is 0.411. The summed E-state index contributed by atoms with van der Waals surface area (Å²) in [7, 11) is 1.52. The summed E-state index contributed by atoms with van der Waals surface area (Å²) >= 11 is 0. The molecule has 0 amide bonds. The molecule has 0 saturated carbocycles. The van der Waals surface area contributed by atoms with Gasteiger partial charge in [-0.3, -0.25) is 0 Å². The van der Waals surface area contributed by atoms with Crippen molar-refractivity contribution in [3.8, 4) is 16.9 Å². The molecule has 0 atom stereocenters. The Morgan fingerprint density at radius 1 is 0.900 bits per heavy atom. The molecular weight excluding hydrogens is 253 g/mol. The van der Waals surface area contributed by atoms with Crippen LogP contribution in [0.15, 0.2) is 54.6 Å². The maximum atomic E-state index is 14.2. The SMILES string of the molecule is COc1ccc(-c2cccc3c(N)cccc23)c(F)c1. The Hall–Kier alpha value is -2.55. The number of anilines is 1. The summed E-state index contributed by atoms with van der Waals surface area (Å²) in [6.45, 7) is 0. The number of nitrogen functional groups attached to an aromatic ring is 1. The minimum atomic E-state index is -0.306. The van der Waals surface area contributed by atoms with E-state index in [0.717, 1.165) is 16.3 Å². The summed E-state index contributed by atoms with van der Waals surface area (Å²) < 4.78 is 19.3. The third kappa shape index (κ3) is 1.97. The highest BCUT2D eigenvalue weighted by Gasteiger charge is 2.10. The van der Waals surface area contributed by atoms with Crippen molar-refractivity contribution in [2.24, 2.45) is 0 Å². The van der Waals surface area contributed by atoms with Crippen LogP contribution in [-0.4, -0.2) is 7.11 Å². The van der Waals surface area contributed by atoms with Crippen molar-refractivity contribution in [2.45, 2.75) is 0 Å². The summed E-state index contributed by atoms with van der Waals surface area (Å²) in [6, 6.07) is 16.3. The van der Waals surface area contributed by atoms with Crippen molar-refractivity contribution in [3.63, 3.8) is 0 Å². The van der Waals surface area contributed by atoms with Gasteiger partial charge in [0.15, 0.2) is 0 Å². The summed E-state index contributed by atoms with van der Waals surface area (Å²) in [5.74, 6) is 0.199. The van der Waals surface area contributed by atoms with E-state index < -0.39 is 0 Å². The molecule has 0 aliphatic carbocycles. The van der Waals surface area contributed by atoms with Gasteiger partial charge < -0.3 is 10.5 Å². The van der Waals surface area contributed by atoms with Gasteiger partial charge in [0.25, 0.3) is 0 Å². The summed E-state index contributed by atoms with van der Waals surface area (Å²) in [4.78, 5) is 0. The number of hydrogen-bond donors (Lipinski definition) is 1. The van der Waals surface area contributed by atoms with Crippen LogP contribution in [0.1, 0.15) is 0 Å². The summed E-state index contributed by atoms with van der Waals surface area (Å²) in [6.07, 6.45) is 0. The summed E-state index contributed by atoms with van der Waals surface area (Å²) in [5.41, 5.74) is 8.04. The van der Waals surface area contributed by atoms with Crippen LogP contribution in [0.4, 0.5) is 10.1 Å². The number of hydrogen-bond acceptors (Lipinski definition) is 2. The molecule has 0 heterocycles. The normalized spacial score (nSPS) is 10.7. The highest BCUT2D eigenvalue weighted by Crippen LogP contribution is 2.33. The number of ether oxygens (including phenoxy) is 1. The van der Waals surface area contributed by atoms with Gasteiger partial charge in [-0.25, -0.2) is 4.39 Å². The van der Waals surface area contributed by atoms with E-state index in [9.17, 15) is 4.39 Å². The minimum Gasteiger partial charge on any atom is -0.497 e. The maximum absolute atomic E-state index is 14.2. The molecular formula is C17H14FNO. The Morgan fingerprint density at radius 3 is 2.40 bits per heavy atom. The second-order valence-corrected chi connectivity index (χ2v) is 4.59. The second kappa shape index (κ2) is 4.85. The van der Waals surface area contributed by atoms with Crippen LogP contribution in [0.5, 0.6) is 5.75 Å². The fourth-order valence-electron chi connectivity index (χ4n) is 2.41. The van der Waals surface area contributed by atoms with Crippen molar-refractivity contribution >= 4 is 16.5 Å². The van der Waals surface area contributed by atoms with Gasteiger partial charge in [0.1, 0.15) is 11.6 Å². The molecule has 0 aliphatic heterocycles. The molecule has 3 rings (SSSR count). The first kappa shape index (κ1) is 12.5. The Bertz CT molecular complexity index is 783. The monoisotopic (exact) mass is 267 g/mol. The number of methoxy groups -OCH3 is 1. The van der Waals surface area contributed by atoms with Crippen LogP contribution in [0.2, 0.25) is 0 Å². The fraction of sp³-hybridized carbons (Fsp3) is 0.0588. The van der Waals surface area contributed by atoms with Crippen LogP contribution in [-0.2, 0) is 0 Å². The lowest BCUT2D eigenvalue weighted by Gasteiger charge is -2.10. The molecule has 0 saturated heterocycles. The second-order valence-electron chi connectivity index (χ2n) is 4.59. The molecule has 0 bridgehead atoms. The molecule has 2 nitrogen and oxygen atoms in total. The van der Waals surface area contributed by atoms with E-state index in [2.05, 4.69) is 0 Å². The number of rotatable bonds is 2. The van der Waals surface area contributed by atoms with Crippen molar-refractivity contribution in [1.29, 1.82) is 0 Å². The first-order valence-electron chi connectivity index (χ1n) is 6.32. The lowest BCUT2D eigenvalue weighted by Crippen LogP contribution is -1.91. The van der Waals surface area contributed by atoms with Gasteiger partial charge >= 0.3 is 0 Å². The first-order valence-corrected chi connectivity index (χ1v) is 6.32. The van der Waals surface area contributed by atoms with E-state index in [1.54, 1.807) is 12.1 Å². The number of nitrogens with two attached hydrogens (primary N) is 1.